The predicted molar refractivity (Wildman–Crippen MR) is 190 cm³/mol. The van der Waals surface area contributed by atoms with Gasteiger partial charge < -0.3 is 9.84 Å². The van der Waals surface area contributed by atoms with Crippen LogP contribution in [0.25, 0.3) is 0 Å². The zero-order chi connectivity index (χ0) is 32.2. The van der Waals surface area contributed by atoms with Crippen molar-refractivity contribution in [2.45, 2.75) is 232 Å². The lowest BCUT2D eigenvalue weighted by atomic mass is 10.0. The number of carboxylic acid groups (broad SMARTS) is 1. The van der Waals surface area contributed by atoms with Gasteiger partial charge in [-0.2, -0.15) is 0 Å². The molecule has 44 heavy (non-hydrogen) atoms. The van der Waals surface area contributed by atoms with Gasteiger partial charge in [0.1, 0.15) is 6.10 Å². The molecule has 0 saturated heterocycles. The molecule has 1 atom stereocenters. The second-order valence-electron chi connectivity index (χ2n) is 13.5. The summed E-state index contributed by atoms with van der Waals surface area (Å²) in [5, 5.41) is 8.68. The van der Waals surface area contributed by atoms with Crippen LogP contribution in [0.3, 0.4) is 0 Å². The van der Waals surface area contributed by atoms with Crippen LogP contribution in [0.15, 0.2) is 12.2 Å². The van der Waals surface area contributed by atoms with E-state index in [-0.39, 0.29) is 12.1 Å². The molecular weight excluding hydrogens is 544 g/mol. The van der Waals surface area contributed by atoms with Crippen LogP contribution in [0.5, 0.6) is 0 Å². The van der Waals surface area contributed by atoms with E-state index in [9.17, 15) is 9.59 Å². The number of unbranched alkanes of at least 4 members (excludes halogenated alkanes) is 25. The van der Waals surface area contributed by atoms with Gasteiger partial charge in [-0.1, -0.05) is 161 Å². The topological polar surface area (TPSA) is 63.6 Å². The van der Waals surface area contributed by atoms with E-state index >= 15 is 0 Å². The number of ether oxygens (including phenoxy) is 1. The predicted octanol–water partition coefficient (Wildman–Crippen LogP) is 13.5. The number of carbonyl (C=O) groups is 2. The number of esters is 1. The molecule has 0 bridgehead atoms. The Hall–Kier alpha value is -1.32. The first kappa shape index (κ1) is 42.7. The molecule has 0 radical (unpaired) electrons. The monoisotopic (exact) mass is 621 g/mol. The van der Waals surface area contributed by atoms with E-state index in [0.29, 0.717) is 12.8 Å². The van der Waals surface area contributed by atoms with E-state index in [1.807, 2.05) is 0 Å². The van der Waals surface area contributed by atoms with Crippen LogP contribution in [0.2, 0.25) is 0 Å². The number of allylic oxidation sites excluding steroid dienone is 2. The molecule has 0 aliphatic heterocycles. The Morgan fingerprint density at radius 1 is 0.477 bits per heavy atom. The van der Waals surface area contributed by atoms with Gasteiger partial charge in [-0.15, -0.1) is 0 Å². The van der Waals surface area contributed by atoms with E-state index < -0.39 is 5.97 Å². The van der Waals surface area contributed by atoms with Gasteiger partial charge in [0.2, 0.25) is 0 Å². The van der Waals surface area contributed by atoms with Crippen LogP contribution < -0.4 is 0 Å². The number of rotatable bonds is 36. The van der Waals surface area contributed by atoms with Gasteiger partial charge in [0.25, 0.3) is 0 Å². The highest BCUT2D eigenvalue weighted by Gasteiger charge is 2.14. The molecule has 0 amide bonds. The molecule has 0 rings (SSSR count). The maximum Gasteiger partial charge on any atom is 0.306 e. The molecule has 0 saturated carbocycles. The fourth-order valence-electron chi connectivity index (χ4n) is 6.06. The molecule has 0 aliphatic rings. The zero-order valence-corrected chi connectivity index (χ0v) is 29.7. The Morgan fingerprint density at radius 3 is 1.25 bits per heavy atom. The Bertz CT molecular complexity index is 629. The van der Waals surface area contributed by atoms with Gasteiger partial charge in [0.15, 0.2) is 0 Å². The van der Waals surface area contributed by atoms with Crippen LogP contribution in [0.4, 0.5) is 0 Å². The quantitative estimate of drug-likeness (QED) is 0.0430. The number of carboxylic acids is 1. The minimum absolute atomic E-state index is 0.0324. The molecule has 4 nitrogen and oxygen atoms in total. The molecule has 0 spiro atoms. The van der Waals surface area contributed by atoms with E-state index in [0.717, 1.165) is 38.5 Å². The molecule has 4 heteroatoms. The lowest BCUT2D eigenvalue weighted by Gasteiger charge is -2.18. The molecule has 1 N–H and O–H groups in total. The Kier molecular flexibility index (Phi) is 35.1. The molecule has 260 valence electrons. The van der Waals surface area contributed by atoms with Crippen molar-refractivity contribution in [3.05, 3.63) is 12.2 Å². The molecule has 0 heterocycles. The van der Waals surface area contributed by atoms with E-state index in [2.05, 4.69) is 26.0 Å². The first-order valence-electron chi connectivity index (χ1n) is 19.7. The lowest BCUT2D eigenvalue weighted by Crippen LogP contribution is -2.18. The molecule has 0 aromatic rings. The molecule has 0 aromatic carbocycles. The first-order valence-corrected chi connectivity index (χ1v) is 19.7. The highest BCUT2D eigenvalue weighted by Crippen LogP contribution is 2.19. The van der Waals surface area contributed by atoms with Gasteiger partial charge >= 0.3 is 11.9 Å². The largest absolute Gasteiger partial charge is 0.481 e. The molecule has 0 aromatic heterocycles. The van der Waals surface area contributed by atoms with Crippen molar-refractivity contribution < 1.29 is 19.4 Å². The molecular formula is C40H76O4. The Labute approximate surface area is 275 Å². The summed E-state index contributed by atoms with van der Waals surface area (Å²) < 4.78 is 5.99. The Morgan fingerprint density at radius 2 is 0.818 bits per heavy atom. The zero-order valence-electron chi connectivity index (χ0n) is 29.7. The van der Waals surface area contributed by atoms with Crippen molar-refractivity contribution in [1.82, 2.24) is 0 Å². The summed E-state index contributed by atoms with van der Waals surface area (Å²) in [4.78, 5) is 23.1. The number of hydrogen-bond acceptors (Lipinski definition) is 3. The number of hydrogen-bond donors (Lipinski definition) is 1. The smallest absolute Gasteiger partial charge is 0.306 e. The fourth-order valence-corrected chi connectivity index (χ4v) is 6.06. The SMILES string of the molecule is CCCCCCCC/C=C\CCCCCCCC(=O)OC(CCCCCC)CCCCCCCCCCCCCCC(=O)O. The van der Waals surface area contributed by atoms with Crippen LogP contribution >= 0.6 is 0 Å². The number of aliphatic carboxylic acids is 1. The molecule has 0 fully saturated rings. The van der Waals surface area contributed by atoms with Gasteiger partial charge in [-0.05, 0) is 64.2 Å². The van der Waals surface area contributed by atoms with Crippen molar-refractivity contribution in [3.8, 4) is 0 Å². The minimum atomic E-state index is -0.669. The maximum atomic E-state index is 12.6. The van der Waals surface area contributed by atoms with Gasteiger partial charge in [0.05, 0.1) is 0 Å². The first-order chi connectivity index (χ1) is 21.6. The van der Waals surface area contributed by atoms with Crippen molar-refractivity contribution in [2.24, 2.45) is 0 Å². The van der Waals surface area contributed by atoms with E-state index in [1.54, 1.807) is 0 Å². The van der Waals surface area contributed by atoms with Crippen LogP contribution in [-0.4, -0.2) is 23.1 Å². The van der Waals surface area contributed by atoms with Gasteiger partial charge in [0, 0.05) is 12.8 Å². The van der Waals surface area contributed by atoms with Crippen LogP contribution in [0.1, 0.15) is 226 Å². The third-order valence-corrected chi connectivity index (χ3v) is 8.99. The third-order valence-electron chi connectivity index (χ3n) is 8.99. The van der Waals surface area contributed by atoms with Crippen molar-refractivity contribution in [2.75, 3.05) is 0 Å². The summed E-state index contributed by atoms with van der Waals surface area (Å²) in [7, 11) is 0. The molecule has 0 aliphatic carbocycles. The highest BCUT2D eigenvalue weighted by molar-refractivity contribution is 5.69. The van der Waals surface area contributed by atoms with Gasteiger partial charge in [-0.25, -0.2) is 0 Å². The fraction of sp³-hybridized carbons (Fsp3) is 0.900. The van der Waals surface area contributed by atoms with Crippen molar-refractivity contribution in [1.29, 1.82) is 0 Å². The normalized spacial score (nSPS) is 12.2. The van der Waals surface area contributed by atoms with Crippen LogP contribution in [0, 0.1) is 0 Å². The lowest BCUT2D eigenvalue weighted by molar-refractivity contribution is -0.150. The van der Waals surface area contributed by atoms with E-state index in [1.165, 1.54) is 161 Å². The summed E-state index contributed by atoms with van der Waals surface area (Å²) in [5.74, 6) is -0.637. The number of carbonyl (C=O) groups excluding carboxylic acids is 1. The summed E-state index contributed by atoms with van der Waals surface area (Å²) in [6, 6.07) is 0. The summed E-state index contributed by atoms with van der Waals surface area (Å²) in [5.41, 5.74) is 0. The van der Waals surface area contributed by atoms with E-state index in [4.69, 9.17) is 9.84 Å². The average Bonchev–Trinajstić information content (AvgIpc) is 3.01. The second kappa shape index (κ2) is 36.2. The van der Waals surface area contributed by atoms with Crippen molar-refractivity contribution >= 4 is 11.9 Å². The van der Waals surface area contributed by atoms with Crippen LogP contribution in [-0.2, 0) is 14.3 Å². The molecule has 1 unspecified atom stereocenters. The summed E-state index contributed by atoms with van der Waals surface area (Å²) in [6.07, 6.45) is 44.0. The van der Waals surface area contributed by atoms with Crippen molar-refractivity contribution in [3.63, 3.8) is 0 Å². The maximum absolute atomic E-state index is 12.6. The standard InChI is InChI=1S/C40H76O4/c1-3-5-7-9-10-11-12-13-14-15-20-23-26-29-33-37-40(43)44-38(34-30-8-6-4-2)35-31-27-24-21-18-16-17-19-22-25-28-32-36-39(41)42/h13-14,38H,3-12,15-37H2,1-2H3,(H,41,42)/b14-13-. The Balaban J connectivity index is 3.80. The third kappa shape index (κ3) is 35.2. The van der Waals surface area contributed by atoms with Gasteiger partial charge in [-0.3, -0.25) is 9.59 Å². The second-order valence-corrected chi connectivity index (χ2v) is 13.5. The average molecular weight is 621 g/mol. The summed E-state index contributed by atoms with van der Waals surface area (Å²) in [6.45, 7) is 4.52. The highest BCUT2D eigenvalue weighted by atomic mass is 16.5. The summed E-state index contributed by atoms with van der Waals surface area (Å²) >= 11 is 0. The minimum Gasteiger partial charge on any atom is -0.481 e.